The van der Waals surface area contributed by atoms with Gasteiger partial charge in [0.05, 0.1) is 24.0 Å². The standard InChI is InChI=1S/C16H25N3O3S/c1-13-9-17-18(10-13)11-14-5-4-8-19(14)16(20)12-23(21,22)15-6-2-3-7-15/h9-10,14-15H,2-8,11-12H2,1H3/t14-/m0/s1. The van der Waals surface area contributed by atoms with Crippen LogP contribution in [0.2, 0.25) is 0 Å². The van der Waals surface area contributed by atoms with Crippen molar-refractivity contribution in [2.75, 3.05) is 12.3 Å². The van der Waals surface area contributed by atoms with Crippen LogP contribution in [0.15, 0.2) is 12.4 Å². The summed E-state index contributed by atoms with van der Waals surface area (Å²) in [4.78, 5) is 14.3. The van der Waals surface area contributed by atoms with Crippen LogP contribution in [0.4, 0.5) is 0 Å². The molecule has 6 nitrogen and oxygen atoms in total. The first-order chi connectivity index (χ1) is 11.0. The van der Waals surface area contributed by atoms with Gasteiger partial charge in [0.15, 0.2) is 9.84 Å². The molecule has 128 valence electrons. The largest absolute Gasteiger partial charge is 0.337 e. The average molecular weight is 339 g/mol. The van der Waals surface area contributed by atoms with Crippen LogP contribution in [0.5, 0.6) is 0 Å². The van der Waals surface area contributed by atoms with Crippen molar-refractivity contribution in [3.05, 3.63) is 18.0 Å². The highest BCUT2D eigenvalue weighted by atomic mass is 32.2. The van der Waals surface area contributed by atoms with Crippen molar-refractivity contribution in [2.24, 2.45) is 0 Å². The van der Waals surface area contributed by atoms with E-state index in [1.54, 1.807) is 11.1 Å². The molecule has 2 fully saturated rings. The fourth-order valence-electron chi connectivity index (χ4n) is 3.76. The van der Waals surface area contributed by atoms with Crippen LogP contribution in [0.3, 0.4) is 0 Å². The molecule has 7 heteroatoms. The molecule has 1 aliphatic heterocycles. The van der Waals surface area contributed by atoms with E-state index >= 15 is 0 Å². The van der Waals surface area contributed by atoms with Crippen LogP contribution in [0.25, 0.3) is 0 Å². The smallest absolute Gasteiger partial charge is 0.238 e. The number of nitrogens with zero attached hydrogens (tertiary/aromatic N) is 3. The zero-order valence-corrected chi connectivity index (χ0v) is 14.5. The van der Waals surface area contributed by atoms with Gasteiger partial charge < -0.3 is 4.90 Å². The molecule has 2 heterocycles. The lowest BCUT2D eigenvalue weighted by atomic mass is 10.2. The summed E-state index contributed by atoms with van der Waals surface area (Å²) in [6.45, 7) is 3.28. The molecule has 0 N–H and O–H groups in total. The van der Waals surface area contributed by atoms with Crippen molar-refractivity contribution in [1.29, 1.82) is 0 Å². The first-order valence-electron chi connectivity index (χ1n) is 8.46. The number of carbonyl (C=O) groups is 1. The van der Waals surface area contributed by atoms with Crippen LogP contribution < -0.4 is 0 Å². The van der Waals surface area contributed by atoms with Crippen molar-refractivity contribution in [3.8, 4) is 0 Å². The summed E-state index contributed by atoms with van der Waals surface area (Å²) < 4.78 is 26.7. The average Bonchev–Trinajstić information content (AvgIpc) is 3.20. The highest BCUT2D eigenvalue weighted by Crippen LogP contribution is 2.26. The Kier molecular flexibility index (Phi) is 4.75. The molecule has 0 unspecified atom stereocenters. The molecule has 1 saturated heterocycles. The van der Waals surface area contributed by atoms with Crippen LogP contribution >= 0.6 is 0 Å². The molecule has 3 rings (SSSR count). The van der Waals surface area contributed by atoms with E-state index < -0.39 is 9.84 Å². The lowest BCUT2D eigenvalue weighted by Crippen LogP contribution is -2.42. The topological polar surface area (TPSA) is 72.3 Å². The number of rotatable bonds is 5. The minimum atomic E-state index is -3.30. The van der Waals surface area contributed by atoms with Gasteiger partial charge in [0.1, 0.15) is 5.75 Å². The maximum atomic E-state index is 12.5. The number of sulfone groups is 1. The number of carbonyl (C=O) groups excluding carboxylic acids is 1. The van der Waals surface area contributed by atoms with Gasteiger partial charge in [-0.25, -0.2) is 8.42 Å². The molecule has 1 aliphatic carbocycles. The van der Waals surface area contributed by atoms with Crippen molar-refractivity contribution >= 4 is 15.7 Å². The predicted molar refractivity (Wildman–Crippen MR) is 87.7 cm³/mol. The molecule has 1 amide bonds. The number of hydrogen-bond donors (Lipinski definition) is 0. The van der Waals surface area contributed by atoms with Gasteiger partial charge in [0.25, 0.3) is 0 Å². The second-order valence-electron chi connectivity index (χ2n) is 6.84. The Morgan fingerprint density at radius 1 is 1.26 bits per heavy atom. The van der Waals surface area contributed by atoms with Gasteiger partial charge in [0, 0.05) is 12.7 Å². The highest BCUT2D eigenvalue weighted by Gasteiger charge is 2.35. The summed E-state index contributed by atoms with van der Waals surface area (Å²) in [7, 11) is -3.30. The maximum absolute atomic E-state index is 12.5. The molecule has 23 heavy (non-hydrogen) atoms. The Morgan fingerprint density at radius 2 is 2.00 bits per heavy atom. The third kappa shape index (κ3) is 3.76. The van der Waals surface area contributed by atoms with Gasteiger partial charge in [-0.2, -0.15) is 5.10 Å². The summed E-state index contributed by atoms with van der Waals surface area (Å²) >= 11 is 0. The van der Waals surface area contributed by atoms with E-state index in [2.05, 4.69) is 5.10 Å². The summed E-state index contributed by atoms with van der Waals surface area (Å²) in [6.07, 6.45) is 8.94. The Labute approximate surface area is 137 Å². The van der Waals surface area contributed by atoms with E-state index in [0.29, 0.717) is 25.9 Å². The van der Waals surface area contributed by atoms with Crippen molar-refractivity contribution in [1.82, 2.24) is 14.7 Å². The van der Waals surface area contributed by atoms with Crippen LogP contribution in [0.1, 0.15) is 44.1 Å². The van der Waals surface area contributed by atoms with Crippen LogP contribution in [-0.4, -0.2) is 52.6 Å². The van der Waals surface area contributed by atoms with E-state index in [1.807, 2.05) is 17.8 Å². The predicted octanol–water partition coefficient (Wildman–Crippen LogP) is 1.54. The van der Waals surface area contributed by atoms with Crippen LogP contribution in [-0.2, 0) is 21.2 Å². The quantitative estimate of drug-likeness (QED) is 0.816. The summed E-state index contributed by atoms with van der Waals surface area (Å²) in [5.74, 6) is -0.560. The number of aryl methyl sites for hydroxylation is 1. The molecule has 0 radical (unpaired) electrons. The van der Waals surface area contributed by atoms with Crippen LogP contribution in [0, 0.1) is 6.92 Å². The van der Waals surface area contributed by atoms with E-state index in [1.165, 1.54) is 0 Å². The monoisotopic (exact) mass is 339 g/mol. The normalized spacial score (nSPS) is 22.8. The van der Waals surface area contributed by atoms with Gasteiger partial charge in [-0.1, -0.05) is 12.8 Å². The van der Waals surface area contributed by atoms with Gasteiger partial charge in [-0.05, 0) is 38.2 Å². The molecule has 1 aromatic rings. The van der Waals surface area contributed by atoms with Gasteiger partial charge in [-0.15, -0.1) is 0 Å². The molecule has 1 saturated carbocycles. The number of aromatic nitrogens is 2. The lowest BCUT2D eigenvalue weighted by molar-refractivity contribution is -0.129. The van der Waals surface area contributed by atoms with E-state index in [4.69, 9.17) is 0 Å². The lowest BCUT2D eigenvalue weighted by Gasteiger charge is -2.25. The molecule has 0 aromatic carbocycles. The van der Waals surface area contributed by atoms with E-state index in [9.17, 15) is 13.2 Å². The summed E-state index contributed by atoms with van der Waals surface area (Å²) in [5.41, 5.74) is 1.09. The number of hydrogen-bond acceptors (Lipinski definition) is 4. The fraction of sp³-hybridized carbons (Fsp3) is 0.750. The highest BCUT2D eigenvalue weighted by molar-refractivity contribution is 7.92. The summed E-state index contributed by atoms with van der Waals surface area (Å²) in [5, 5.41) is 3.97. The Morgan fingerprint density at radius 3 is 2.65 bits per heavy atom. The number of amides is 1. The first kappa shape index (κ1) is 16.5. The van der Waals surface area contributed by atoms with Crippen molar-refractivity contribution in [2.45, 2.75) is 63.3 Å². The molecular weight excluding hydrogens is 314 g/mol. The summed E-state index contributed by atoms with van der Waals surface area (Å²) in [6, 6.07) is 0.0561. The fourth-order valence-corrected chi connectivity index (χ4v) is 5.55. The van der Waals surface area contributed by atoms with E-state index in [-0.39, 0.29) is 23.0 Å². The van der Waals surface area contributed by atoms with Crippen molar-refractivity contribution < 1.29 is 13.2 Å². The van der Waals surface area contributed by atoms with Gasteiger partial charge in [-0.3, -0.25) is 9.48 Å². The van der Waals surface area contributed by atoms with Gasteiger partial charge in [0.2, 0.25) is 5.91 Å². The first-order valence-corrected chi connectivity index (χ1v) is 10.2. The molecule has 1 atom stereocenters. The molecule has 0 spiro atoms. The maximum Gasteiger partial charge on any atom is 0.238 e. The zero-order valence-electron chi connectivity index (χ0n) is 13.6. The minimum Gasteiger partial charge on any atom is -0.337 e. The Bertz CT molecular complexity index is 662. The Balaban J connectivity index is 1.63. The molecular formula is C16H25N3O3S. The molecule has 0 bridgehead atoms. The van der Waals surface area contributed by atoms with Gasteiger partial charge >= 0.3 is 0 Å². The zero-order chi connectivity index (χ0) is 16.4. The third-order valence-corrected chi connectivity index (χ3v) is 7.13. The second-order valence-corrected chi connectivity index (χ2v) is 9.12. The second kappa shape index (κ2) is 6.63. The van der Waals surface area contributed by atoms with Crippen molar-refractivity contribution in [3.63, 3.8) is 0 Å². The minimum absolute atomic E-state index is 0.0561. The molecule has 1 aromatic heterocycles. The Hall–Kier alpha value is -1.37. The third-order valence-electron chi connectivity index (χ3n) is 4.99. The SMILES string of the molecule is Cc1cnn(C[C@@H]2CCCN2C(=O)CS(=O)(=O)C2CCCC2)c1. The number of likely N-dealkylation sites (tertiary alicyclic amines) is 1. The molecule has 2 aliphatic rings. The van der Waals surface area contributed by atoms with E-state index in [0.717, 1.165) is 31.2 Å².